The van der Waals surface area contributed by atoms with E-state index in [-0.39, 0.29) is 12.5 Å². The molecule has 0 aliphatic rings. The fourth-order valence-corrected chi connectivity index (χ4v) is 2.88. The predicted octanol–water partition coefficient (Wildman–Crippen LogP) is 3.75. The Kier molecular flexibility index (Phi) is 6.16. The molecule has 3 rings (SSSR count). The minimum atomic E-state index is -0.657. The zero-order valence-corrected chi connectivity index (χ0v) is 17.3. The molecule has 0 saturated carbocycles. The Hall–Kier alpha value is -3.35. The van der Waals surface area contributed by atoms with Gasteiger partial charge in [-0.05, 0) is 62.6 Å². The first-order valence-electron chi connectivity index (χ1n) is 9.36. The van der Waals surface area contributed by atoms with Gasteiger partial charge >= 0.3 is 0 Å². The minimum Gasteiger partial charge on any atom is -0.497 e. The highest BCUT2D eigenvalue weighted by molar-refractivity contribution is 5.80. The lowest BCUT2D eigenvalue weighted by Gasteiger charge is -2.17. The summed E-state index contributed by atoms with van der Waals surface area (Å²) in [6.07, 6.45) is -0.657. The van der Waals surface area contributed by atoms with Gasteiger partial charge in [0.05, 0.1) is 13.7 Å². The van der Waals surface area contributed by atoms with E-state index in [1.807, 2.05) is 51.1 Å². The standard InChI is InChI=1S/C22H25N3O4/c1-13-9-14(2)15(3)19(10-13)28-16(4)22(26)23-12-20-24-21(25-29-20)17-7-6-8-18(11-17)27-5/h6-11,16H,12H2,1-5H3,(H,23,26)/t16-/m0/s1. The Labute approximate surface area is 170 Å². The molecule has 3 aromatic rings. The van der Waals surface area contributed by atoms with E-state index in [2.05, 4.69) is 21.5 Å². The van der Waals surface area contributed by atoms with Gasteiger partial charge in [-0.15, -0.1) is 0 Å². The Morgan fingerprint density at radius 1 is 1.21 bits per heavy atom. The molecule has 7 nitrogen and oxygen atoms in total. The molecule has 0 fully saturated rings. The summed E-state index contributed by atoms with van der Waals surface area (Å²) in [5.74, 6) is 1.90. The number of nitrogens with zero attached hydrogens (tertiary/aromatic N) is 2. The van der Waals surface area contributed by atoms with Crippen molar-refractivity contribution in [1.29, 1.82) is 0 Å². The van der Waals surface area contributed by atoms with Gasteiger partial charge in [-0.3, -0.25) is 4.79 Å². The van der Waals surface area contributed by atoms with Crippen molar-refractivity contribution in [2.24, 2.45) is 0 Å². The van der Waals surface area contributed by atoms with E-state index >= 15 is 0 Å². The van der Waals surface area contributed by atoms with Crippen LogP contribution in [0, 0.1) is 20.8 Å². The second-order valence-corrected chi connectivity index (χ2v) is 6.93. The van der Waals surface area contributed by atoms with E-state index in [9.17, 15) is 4.79 Å². The number of nitrogens with one attached hydrogen (secondary N) is 1. The summed E-state index contributed by atoms with van der Waals surface area (Å²) in [6.45, 7) is 7.83. The van der Waals surface area contributed by atoms with Gasteiger partial charge in [-0.25, -0.2) is 0 Å². The maximum Gasteiger partial charge on any atom is 0.261 e. The molecule has 2 aromatic carbocycles. The number of carbonyl (C=O) groups is 1. The summed E-state index contributed by atoms with van der Waals surface area (Å²) in [7, 11) is 1.60. The van der Waals surface area contributed by atoms with Crippen LogP contribution in [-0.4, -0.2) is 29.3 Å². The summed E-state index contributed by atoms with van der Waals surface area (Å²) in [5.41, 5.74) is 4.01. The molecule has 1 N–H and O–H groups in total. The highest BCUT2D eigenvalue weighted by Gasteiger charge is 2.18. The van der Waals surface area contributed by atoms with Gasteiger partial charge in [0.2, 0.25) is 11.7 Å². The lowest BCUT2D eigenvalue weighted by Crippen LogP contribution is -2.36. The van der Waals surface area contributed by atoms with Crippen LogP contribution in [0.1, 0.15) is 29.5 Å². The van der Waals surface area contributed by atoms with Gasteiger partial charge in [0.25, 0.3) is 5.91 Å². The lowest BCUT2D eigenvalue weighted by atomic mass is 10.1. The number of hydrogen-bond donors (Lipinski definition) is 1. The Bertz CT molecular complexity index is 1010. The van der Waals surface area contributed by atoms with Crippen molar-refractivity contribution in [1.82, 2.24) is 15.5 Å². The number of hydrogen-bond acceptors (Lipinski definition) is 6. The quantitative estimate of drug-likeness (QED) is 0.656. The van der Waals surface area contributed by atoms with Crippen LogP contribution in [0.4, 0.5) is 0 Å². The van der Waals surface area contributed by atoms with Gasteiger partial charge in [-0.2, -0.15) is 4.98 Å². The predicted molar refractivity (Wildman–Crippen MR) is 109 cm³/mol. The normalized spacial score (nSPS) is 11.8. The van der Waals surface area contributed by atoms with Crippen LogP contribution in [0.25, 0.3) is 11.4 Å². The fourth-order valence-electron chi connectivity index (χ4n) is 2.88. The van der Waals surface area contributed by atoms with Crippen LogP contribution in [-0.2, 0) is 11.3 Å². The summed E-state index contributed by atoms with van der Waals surface area (Å²) in [5, 5.41) is 6.73. The molecule has 1 amide bonds. The lowest BCUT2D eigenvalue weighted by molar-refractivity contribution is -0.127. The molecule has 29 heavy (non-hydrogen) atoms. The molecule has 7 heteroatoms. The monoisotopic (exact) mass is 395 g/mol. The number of aromatic nitrogens is 2. The van der Waals surface area contributed by atoms with Crippen molar-refractivity contribution in [3.05, 3.63) is 59.0 Å². The number of carbonyl (C=O) groups excluding carboxylic acids is 1. The van der Waals surface area contributed by atoms with E-state index < -0.39 is 6.10 Å². The van der Waals surface area contributed by atoms with Gasteiger partial charge in [0.1, 0.15) is 11.5 Å². The number of benzene rings is 2. The van der Waals surface area contributed by atoms with E-state index in [0.29, 0.717) is 23.2 Å². The number of aryl methyl sites for hydroxylation is 2. The van der Waals surface area contributed by atoms with Crippen molar-refractivity contribution in [3.63, 3.8) is 0 Å². The average molecular weight is 395 g/mol. The van der Waals surface area contributed by atoms with Crippen molar-refractivity contribution >= 4 is 5.91 Å². The first kappa shape index (κ1) is 20.4. The number of amides is 1. The van der Waals surface area contributed by atoms with E-state index in [1.54, 1.807) is 14.0 Å². The maximum atomic E-state index is 12.4. The van der Waals surface area contributed by atoms with Crippen molar-refractivity contribution in [2.45, 2.75) is 40.3 Å². The summed E-state index contributed by atoms with van der Waals surface area (Å²) in [4.78, 5) is 16.7. The minimum absolute atomic E-state index is 0.120. The molecule has 1 heterocycles. The Morgan fingerprint density at radius 2 is 2.00 bits per heavy atom. The second kappa shape index (κ2) is 8.77. The van der Waals surface area contributed by atoms with Gasteiger partial charge in [-0.1, -0.05) is 23.4 Å². The van der Waals surface area contributed by atoms with Crippen LogP contribution in [0.2, 0.25) is 0 Å². The highest BCUT2D eigenvalue weighted by Crippen LogP contribution is 2.24. The molecular formula is C22H25N3O4. The topological polar surface area (TPSA) is 86.5 Å². The summed E-state index contributed by atoms with van der Waals surface area (Å²) in [6, 6.07) is 11.4. The molecule has 0 aliphatic carbocycles. The van der Waals surface area contributed by atoms with Crippen molar-refractivity contribution < 1.29 is 18.8 Å². The average Bonchev–Trinajstić information content (AvgIpc) is 3.19. The van der Waals surface area contributed by atoms with E-state index in [4.69, 9.17) is 14.0 Å². The number of rotatable bonds is 7. The first-order valence-corrected chi connectivity index (χ1v) is 9.36. The molecule has 0 bridgehead atoms. The molecule has 0 saturated heterocycles. The van der Waals surface area contributed by atoms with Gasteiger partial charge in [0, 0.05) is 5.56 Å². The summed E-state index contributed by atoms with van der Waals surface area (Å²) < 4.78 is 16.3. The smallest absolute Gasteiger partial charge is 0.261 e. The molecule has 0 radical (unpaired) electrons. The molecular weight excluding hydrogens is 370 g/mol. The van der Waals surface area contributed by atoms with Crippen molar-refractivity contribution in [2.75, 3.05) is 7.11 Å². The van der Waals surface area contributed by atoms with Crippen LogP contribution in [0.3, 0.4) is 0 Å². The van der Waals surface area contributed by atoms with Crippen LogP contribution in [0.15, 0.2) is 40.9 Å². The van der Waals surface area contributed by atoms with E-state index in [1.165, 1.54) is 0 Å². The summed E-state index contributed by atoms with van der Waals surface area (Å²) >= 11 is 0. The molecule has 152 valence electrons. The third-order valence-corrected chi connectivity index (χ3v) is 4.65. The number of methoxy groups -OCH3 is 1. The Morgan fingerprint density at radius 3 is 2.76 bits per heavy atom. The zero-order chi connectivity index (χ0) is 21.0. The SMILES string of the molecule is COc1cccc(-c2noc(CNC(=O)[C@H](C)Oc3cc(C)cc(C)c3C)n2)c1. The Balaban J connectivity index is 1.60. The van der Waals surface area contributed by atoms with E-state index in [0.717, 1.165) is 22.3 Å². The molecule has 1 aromatic heterocycles. The third kappa shape index (κ3) is 4.93. The number of ether oxygens (including phenoxy) is 2. The van der Waals surface area contributed by atoms with Crippen LogP contribution >= 0.6 is 0 Å². The molecule has 0 unspecified atom stereocenters. The second-order valence-electron chi connectivity index (χ2n) is 6.93. The largest absolute Gasteiger partial charge is 0.497 e. The van der Waals surface area contributed by atoms with Gasteiger partial charge in [0.15, 0.2) is 6.10 Å². The highest BCUT2D eigenvalue weighted by atomic mass is 16.5. The molecule has 0 spiro atoms. The first-order chi connectivity index (χ1) is 13.9. The van der Waals surface area contributed by atoms with Crippen LogP contribution in [0.5, 0.6) is 11.5 Å². The fraction of sp³-hybridized carbons (Fsp3) is 0.318. The maximum absolute atomic E-state index is 12.4. The molecule has 1 atom stereocenters. The van der Waals surface area contributed by atoms with Gasteiger partial charge < -0.3 is 19.3 Å². The van der Waals surface area contributed by atoms with Crippen molar-refractivity contribution in [3.8, 4) is 22.9 Å². The molecule has 0 aliphatic heterocycles. The third-order valence-electron chi connectivity index (χ3n) is 4.65. The zero-order valence-electron chi connectivity index (χ0n) is 17.3. The van der Waals surface area contributed by atoms with Crippen LogP contribution < -0.4 is 14.8 Å².